The minimum absolute atomic E-state index is 0.0217. The normalized spacial score (nSPS) is 16.5. The highest BCUT2D eigenvalue weighted by Gasteiger charge is 2.23. The molecule has 0 saturated heterocycles. The fraction of sp³-hybridized carbons (Fsp3) is 0.692. The number of nitrogens with two attached hydrogens (primary N) is 1. The molecule has 1 heterocycles. The summed E-state index contributed by atoms with van der Waals surface area (Å²) >= 11 is 7.49. The molecule has 5 heteroatoms. The Labute approximate surface area is 118 Å². The molecular formula is C13H22ClNO2S. The Morgan fingerprint density at radius 3 is 2.61 bits per heavy atom. The molecule has 2 N–H and O–H groups in total. The molecule has 104 valence electrons. The molecule has 0 aliphatic rings. The average Bonchev–Trinajstić information content (AvgIpc) is 2.78. The van der Waals surface area contributed by atoms with Gasteiger partial charge in [-0.15, -0.1) is 11.3 Å². The van der Waals surface area contributed by atoms with Crippen LogP contribution in [0.3, 0.4) is 0 Å². The van der Waals surface area contributed by atoms with Crippen molar-refractivity contribution < 1.29 is 9.47 Å². The molecule has 0 spiro atoms. The maximum absolute atomic E-state index is 6.13. The molecule has 3 atom stereocenters. The first-order valence-electron chi connectivity index (χ1n) is 6.32. The van der Waals surface area contributed by atoms with Crippen LogP contribution in [0.25, 0.3) is 0 Å². The summed E-state index contributed by atoms with van der Waals surface area (Å²) in [5.74, 6) is 0. The van der Waals surface area contributed by atoms with E-state index in [1.165, 1.54) is 11.3 Å². The van der Waals surface area contributed by atoms with Crippen molar-refractivity contribution in [2.24, 2.45) is 5.73 Å². The highest BCUT2D eigenvalue weighted by atomic mass is 35.5. The molecule has 3 unspecified atom stereocenters. The summed E-state index contributed by atoms with van der Waals surface area (Å²) in [7, 11) is 0. The summed E-state index contributed by atoms with van der Waals surface area (Å²) in [4.78, 5) is 1.08. The molecule has 0 aromatic carbocycles. The van der Waals surface area contributed by atoms with Gasteiger partial charge in [-0.3, -0.25) is 0 Å². The van der Waals surface area contributed by atoms with Crippen LogP contribution in [0.5, 0.6) is 0 Å². The SMILES string of the molecule is CCOCC(C)OC(c1ccc(Cl)s1)C(N)CC. The lowest BCUT2D eigenvalue weighted by Gasteiger charge is -2.26. The summed E-state index contributed by atoms with van der Waals surface area (Å²) < 4.78 is 12.1. The monoisotopic (exact) mass is 291 g/mol. The van der Waals surface area contributed by atoms with Gasteiger partial charge in [0.05, 0.1) is 17.0 Å². The van der Waals surface area contributed by atoms with Crippen LogP contribution in [-0.2, 0) is 9.47 Å². The Bertz CT molecular complexity index is 345. The molecule has 0 amide bonds. The lowest BCUT2D eigenvalue weighted by atomic mass is 10.1. The van der Waals surface area contributed by atoms with Gasteiger partial charge >= 0.3 is 0 Å². The van der Waals surface area contributed by atoms with Crippen LogP contribution < -0.4 is 5.73 Å². The molecule has 0 radical (unpaired) electrons. The highest BCUT2D eigenvalue weighted by Crippen LogP contribution is 2.32. The largest absolute Gasteiger partial charge is 0.379 e. The third kappa shape index (κ3) is 4.86. The van der Waals surface area contributed by atoms with E-state index < -0.39 is 0 Å². The molecule has 1 aromatic heterocycles. The molecule has 1 rings (SSSR count). The number of rotatable bonds is 8. The number of hydrogen-bond donors (Lipinski definition) is 1. The van der Waals surface area contributed by atoms with Crippen LogP contribution in [0.15, 0.2) is 12.1 Å². The van der Waals surface area contributed by atoms with Crippen LogP contribution in [0.1, 0.15) is 38.2 Å². The van der Waals surface area contributed by atoms with Crippen molar-refractivity contribution in [3.63, 3.8) is 0 Å². The minimum Gasteiger partial charge on any atom is -0.379 e. The third-order valence-corrected chi connectivity index (χ3v) is 3.96. The summed E-state index contributed by atoms with van der Waals surface area (Å²) in [5.41, 5.74) is 6.13. The quantitative estimate of drug-likeness (QED) is 0.795. The Morgan fingerprint density at radius 2 is 2.11 bits per heavy atom. The maximum atomic E-state index is 6.13. The van der Waals surface area contributed by atoms with Crippen molar-refractivity contribution in [2.75, 3.05) is 13.2 Å². The summed E-state index contributed by atoms with van der Waals surface area (Å²) in [5, 5.41) is 0. The van der Waals surface area contributed by atoms with Gasteiger partial charge in [0, 0.05) is 17.5 Å². The first kappa shape index (κ1) is 15.9. The lowest BCUT2D eigenvalue weighted by molar-refractivity contribution is -0.0560. The van der Waals surface area contributed by atoms with E-state index in [4.69, 9.17) is 26.8 Å². The van der Waals surface area contributed by atoms with Gasteiger partial charge in [-0.1, -0.05) is 18.5 Å². The van der Waals surface area contributed by atoms with Crippen LogP contribution in [0, 0.1) is 0 Å². The van der Waals surface area contributed by atoms with Gasteiger partial charge in [-0.05, 0) is 32.4 Å². The number of thiophene rings is 1. The van der Waals surface area contributed by atoms with Gasteiger partial charge in [-0.25, -0.2) is 0 Å². The Balaban J connectivity index is 2.67. The van der Waals surface area contributed by atoms with E-state index in [9.17, 15) is 0 Å². The van der Waals surface area contributed by atoms with Crippen LogP contribution in [0.4, 0.5) is 0 Å². The second kappa shape index (κ2) is 8.12. The number of ether oxygens (including phenoxy) is 2. The molecule has 0 fully saturated rings. The maximum Gasteiger partial charge on any atom is 0.107 e. The molecule has 0 aliphatic heterocycles. The zero-order chi connectivity index (χ0) is 13.5. The Morgan fingerprint density at radius 1 is 1.39 bits per heavy atom. The van der Waals surface area contributed by atoms with Crippen molar-refractivity contribution in [3.8, 4) is 0 Å². The zero-order valence-corrected chi connectivity index (χ0v) is 12.8. The number of hydrogen-bond acceptors (Lipinski definition) is 4. The van der Waals surface area contributed by atoms with E-state index in [0.29, 0.717) is 13.2 Å². The summed E-state index contributed by atoms with van der Waals surface area (Å²) in [6, 6.07) is 3.84. The van der Waals surface area contributed by atoms with E-state index in [-0.39, 0.29) is 18.2 Å². The average molecular weight is 292 g/mol. The van der Waals surface area contributed by atoms with E-state index in [1.54, 1.807) is 0 Å². The lowest BCUT2D eigenvalue weighted by Crippen LogP contribution is -2.32. The second-order valence-corrected chi connectivity index (χ2v) is 5.99. The fourth-order valence-electron chi connectivity index (χ4n) is 1.65. The molecule has 0 saturated carbocycles. The summed E-state index contributed by atoms with van der Waals surface area (Å²) in [6.45, 7) is 7.32. The van der Waals surface area contributed by atoms with Crippen molar-refractivity contribution in [1.29, 1.82) is 0 Å². The number of halogens is 1. The van der Waals surface area contributed by atoms with Gasteiger partial charge in [-0.2, -0.15) is 0 Å². The van der Waals surface area contributed by atoms with Gasteiger partial charge in [0.1, 0.15) is 6.10 Å². The molecule has 3 nitrogen and oxygen atoms in total. The fourth-order valence-corrected chi connectivity index (χ4v) is 2.82. The Hall–Kier alpha value is -0.130. The van der Waals surface area contributed by atoms with Crippen molar-refractivity contribution >= 4 is 22.9 Å². The van der Waals surface area contributed by atoms with E-state index >= 15 is 0 Å². The van der Waals surface area contributed by atoms with Gasteiger partial charge in [0.2, 0.25) is 0 Å². The highest BCUT2D eigenvalue weighted by molar-refractivity contribution is 7.16. The van der Waals surface area contributed by atoms with Crippen LogP contribution >= 0.6 is 22.9 Å². The minimum atomic E-state index is -0.108. The first-order chi connectivity index (χ1) is 8.58. The molecular weight excluding hydrogens is 270 g/mol. The van der Waals surface area contributed by atoms with E-state index in [2.05, 4.69) is 6.92 Å². The third-order valence-electron chi connectivity index (χ3n) is 2.67. The Kier molecular flexibility index (Phi) is 7.19. The van der Waals surface area contributed by atoms with Gasteiger partial charge in [0.25, 0.3) is 0 Å². The smallest absolute Gasteiger partial charge is 0.107 e. The van der Waals surface area contributed by atoms with Crippen molar-refractivity contribution in [2.45, 2.75) is 45.4 Å². The van der Waals surface area contributed by atoms with Crippen LogP contribution in [-0.4, -0.2) is 25.4 Å². The predicted molar refractivity (Wildman–Crippen MR) is 77.4 cm³/mol. The molecule has 0 aliphatic carbocycles. The second-order valence-electron chi connectivity index (χ2n) is 4.24. The molecule has 1 aromatic rings. The van der Waals surface area contributed by atoms with Gasteiger partial charge in [0.15, 0.2) is 0 Å². The molecule has 18 heavy (non-hydrogen) atoms. The van der Waals surface area contributed by atoms with Gasteiger partial charge < -0.3 is 15.2 Å². The molecule has 0 bridgehead atoms. The summed E-state index contributed by atoms with van der Waals surface area (Å²) in [6.07, 6.45) is 0.776. The topological polar surface area (TPSA) is 44.5 Å². The van der Waals surface area contributed by atoms with E-state index in [1.807, 2.05) is 26.0 Å². The first-order valence-corrected chi connectivity index (χ1v) is 7.51. The predicted octanol–water partition coefficient (Wildman–Crippen LogP) is 3.62. The van der Waals surface area contributed by atoms with Crippen molar-refractivity contribution in [1.82, 2.24) is 0 Å². The van der Waals surface area contributed by atoms with E-state index in [0.717, 1.165) is 15.6 Å². The van der Waals surface area contributed by atoms with Crippen molar-refractivity contribution in [3.05, 3.63) is 21.3 Å². The zero-order valence-electron chi connectivity index (χ0n) is 11.2. The standard InChI is InChI=1S/C13H22ClNO2S/c1-4-10(15)13(11-6-7-12(14)18-11)17-9(3)8-16-5-2/h6-7,9-10,13H,4-5,8,15H2,1-3H3. The van der Waals surface area contributed by atoms with Crippen LogP contribution in [0.2, 0.25) is 4.34 Å².